The van der Waals surface area contributed by atoms with Gasteiger partial charge in [-0.3, -0.25) is 0 Å². The maximum Gasteiger partial charge on any atom is 0.127 e. The van der Waals surface area contributed by atoms with Crippen LogP contribution in [-0.2, 0) is 6.61 Å². The third-order valence-corrected chi connectivity index (χ3v) is 2.95. The molecule has 21 heavy (non-hydrogen) atoms. The van der Waals surface area contributed by atoms with E-state index in [1.54, 1.807) is 44.6 Å². The topological polar surface area (TPSA) is 77.5 Å². The number of methoxy groups -OCH3 is 2. The van der Waals surface area contributed by atoms with Gasteiger partial charge in [0.05, 0.1) is 25.9 Å². The number of ether oxygens (including phenoxy) is 3. The second-order valence-corrected chi connectivity index (χ2v) is 4.37. The average molecular weight is 284 g/mol. The summed E-state index contributed by atoms with van der Waals surface area (Å²) in [5.74, 6) is 1.80. The number of nitrogens with zero attached hydrogens (tertiary/aromatic N) is 1. The first-order chi connectivity index (χ1) is 10.2. The quantitative estimate of drug-likeness (QED) is 0.854. The molecule has 0 saturated heterocycles. The first-order valence-corrected chi connectivity index (χ1v) is 6.30. The predicted octanol–water partition coefficient (Wildman–Crippen LogP) is 2.74. The number of rotatable bonds is 5. The summed E-state index contributed by atoms with van der Waals surface area (Å²) in [6.45, 7) is 0.307. The van der Waals surface area contributed by atoms with E-state index in [9.17, 15) is 0 Å². The summed E-state index contributed by atoms with van der Waals surface area (Å²) in [6, 6.07) is 12.5. The molecule has 0 radical (unpaired) electrons. The number of benzene rings is 2. The zero-order valence-corrected chi connectivity index (χ0v) is 11.9. The minimum absolute atomic E-state index is 0.307. The number of nitrogen functional groups attached to an aromatic ring is 1. The zero-order chi connectivity index (χ0) is 15.2. The Hall–Kier alpha value is -2.87. The van der Waals surface area contributed by atoms with Crippen molar-refractivity contribution in [2.45, 2.75) is 6.61 Å². The van der Waals surface area contributed by atoms with Crippen molar-refractivity contribution in [1.29, 1.82) is 5.26 Å². The van der Waals surface area contributed by atoms with E-state index < -0.39 is 0 Å². The molecule has 2 rings (SSSR count). The molecule has 0 atom stereocenters. The summed E-state index contributed by atoms with van der Waals surface area (Å²) in [7, 11) is 3.13. The molecule has 0 saturated carbocycles. The Balaban J connectivity index is 2.18. The molecule has 0 unspecified atom stereocenters. The molecule has 5 nitrogen and oxygen atoms in total. The van der Waals surface area contributed by atoms with Crippen LogP contribution in [0, 0.1) is 11.3 Å². The summed E-state index contributed by atoms with van der Waals surface area (Å²) in [6.07, 6.45) is 0. The molecule has 0 bridgehead atoms. The molecule has 2 N–H and O–H groups in total. The molecule has 2 aromatic rings. The van der Waals surface area contributed by atoms with E-state index in [0.717, 1.165) is 5.56 Å². The number of hydrogen-bond donors (Lipinski definition) is 1. The second kappa shape index (κ2) is 6.53. The average Bonchev–Trinajstić information content (AvgIpc) is 2.53. The van der Waals surface area contributed by atoms with Gasteiger partial charge in [-0.25, -0.2) is 0 Å². The van der Waals surface area contributed by atoms with E-state index in [1.807, 2.05) is 6.07 Å². The van der Waals surface area contributed by atoms with Crippen molar-refractivity contribution in [3.05, 3.63) is 47.5 Å². The predicted molar refractivity (Wildman–Crippen MR) is 79.4 cm³/mol. The van der Waals surface area contributed by atoms with Crippen molar-refractivity contribution in [1.82, 2.24) is 0 Å². The van der Waals surface area contributed by atoms with Gasteiger partial charge in [0.15, 0.2) is 0 Å². The smallest absolute Gasteiger partial charge is 0.127 e. The van der Waals surface area contributed by atoms with Crippen molar-refractivity contribution < 1.29 is 14.2 Å². The second-order valence-electron chi connectivity index (χ2n) is 4.37. The SMILES string of the molecule is COc1cc(C#N)cc(OCc2ccc(N)cc2OC)c1. The summed E-state index contributed by atoms with van der Waals surface area (Å²) in [4.78, 5) is 0. The first kappa shape index (κ1) is 14.5. The van der Waals surface area contributed by atoms with Crippen LogP contribution in [-0.4, -0.2) is 14.2 Å². The van der Waals surface area contributed by atoms with Crippen LogP contribution >= 0.6 is 0 Å². The minimum atomic E-state index is 0.307. The number of nitriles is 1. The van der Waals surface area contributed by atoms with Gasteiger partial charge in [-0.2, -0.15) is 5.26 Å². The fourth-order valence-electron chi connectivity index (χ4n) is 1.88. The van der Waals surface area contributed by atoms with Crippen LogP contribution < -0.4 is 19.9 Å². The van der Waals surface area contributed by atoms with Gasteiger partial charge in [0.25, 0.3) is 0 Å². The summed E-state index contributed by atoms with van der Waals surface area (Å²) >= 11 is 0. The van der Waals surface area contributed by atoms with Crippen molar-refractivity contribution in [2.24, 2.45) is 0 Å². The van der Waals surface area contributed by atoms with Crippen LogP contribution in [0.25, 0.3) is 0 Å². The highest BCUT2D eigenvalue weighted by molar-refractivity contribution is 5.49. The van der Waals surface area contributed by atoms with Crippen molar-refractivity contribution in [2.75, 3.05) is 20.0 Å². The molecule has 0 amide bonds. The lowest BCUT2D eigenvalue weighted by Crippen LogP contribution is -2.00. The Labute approximate surface area is 123 Å². The normalized spacial score (nSPS) is 9.76. The maximum atomic E-state index is 8.98. The fourth-order valence-corrected chi connectivity index (χ4v) is 1.88. The Bertz CT molecular complexity index is 678. The number of hydrogen-bond acceptors (Lipinski definition) is 5. The Morgan fingerprint density at radius 2 is 1.81 bits per heavy atom. The maximum absolute atomic E-state index is 8.98. The van der Waals surface area contributed by atoms with E-state index >= 15 is 0 Å². The Morgan fingerprint density at radius 1 is 1.05 bits per heavy atom. The molecular weight excluding hydrogens is 268 g/mol. The molecule has 0 fully saturated rings. The molecule has 5 heteroatoms. The van der Waals surface area contributed by atoms with Gasteiger partial charge in [-0.15, -0.1) is 0 Å². The van der Waals surface area contributed by atoms with Crippen molar-refractivity contribution in [3.8, 4) is 23.3 Å². The molecule has 0 aliphatic heterocycles. The van der Waals surface area contributed by atoms with Gasteiger partial charge >= 0.3 is 0 Å². The number of anilines is 1. The Kier molecular flexibility index (Phi) is 4.52. The molecule has 0 spiro atoms. The van der Waals surface area contributed by atoms with Gasteiger partial charge < -0.3 is 19.9 Å². The van der Waals surface area contributed by atoms with Crippen LogP contribution in [0.5, 0.6) is 17.2 Å². The van der Waals surface area contributed by atoms with Crippen LogP contribution in [0.2, 0.25) is 0 Å². The lowest BCUT2D eigenvalue weighted by atomic mass is 10.2. The van der Waals surface area contributed by atoms with Gasteiger partial charge in [-0.1, -0.05) is 0 Å². The molecule has 0 heterocycles. The summed E-state index contributed by atoms with van der Waals surface area (Å²) < 4.78 is 16.1. The number of nitrogens with two attached hydrogens (primary N) is 1. The van der Waals surface area contributed by atoms with Crippen molar-refractivity contribution in [3.63, 3.8) is 0 Å². The van der Waals surface area contributed by atoms with Gasteiger partial charge in [-0.05, 0) is 24.3 Å². The highest BCUT2D eigenvalue weighted by Crippen LogP contribution is 2.26. The standard InChI is InChI=1S/C16H16N2O3/c1-19-14-5-11(9-17)6-15(8-14)21-10-12-3-4-13(18)7-16(12)20-2/h3-8H,10,18H2,1-2H3. The largest absolute Gasteiger partial charge is 0.497 e. The molecule has 0 aliphatic rings. The lowest BCUT2D eigenvalue weighted by molar-refractivity contribution is 0.294. The highest BCUT2D eigenvalue weighted by Gasteiger charge is 2.06. The monoisotopic (exact) mass is 284 g/mol. The van der Waals surface area contributed by atoms with E-state index in [0.29, 0.717) is 35.1 Å². The molecular formula is C16H16N2O3. The minimum Gasteiger partial charge on any atom is -0.497 e. The highest BCUT2D eigenvalue weighted by atomic mass is 16.5. The van der Waals surface area contributed by atoms with E-state index in [-0.39, 0.29) is 0 Å². The van der Waals surface area contributed by atoms with E-state index in [4.69, 9.17) is 25.2 Å². The van der Waals surface area contributed by atoms with Crippen LogP contribution in [0.4, 0.5) is 5.69 Å². The summed E-state index contributed by atoms with van der Waals surface area (Å²) in [5, 5.41) is 8.98. The lowest BCUT2D eigenvalue weighted by Gasteiger charge is -2.12. The molecule has 0 aliphatic carbocycles. The summed E-state index contributed by atoms with van der Waals surface area (Å²) in [5.41, 5.74) is 7.69. The third-order valence-electron chi connectivity index (χ3n) is 2.95. The van der Waals surface area contributed by atoms with Crippen LogP contribution in [0.1, 0.15) is 11.1 Å². The molecule has 108 valence electrons. The van der Waals surface area contributed by atoms with Crippen LogP contribution in [0.3, 0.4) is 0 Å². The van der Waals surface area contributed by atoms with E-state index in [2.05, 4.69) is 6.07 Å². The molecule has 0 aromatic heterocycles. The first-order valence-electron chi connectivity index (χ1n) is 6.30. The fraction of sp³-hybridized carbons (Fsp3) is 0.188. The van der Waals surface area contributed by atoms with E-state index in [1.165, 1.54) is 0 Å². The van der Waals surface area contributed by atoms with Gasteiger partial charge in [0.1, 0.15) is 23.9 Å². The zero-order valence-electron chi connectivity index (χ0n) is 11.9. The molecule has 2 aromatic carbocycles. The van der Waals surface area contributed by atoms with Crippen LogP contribution in [0.15, 0.2) is 36.4 Å². The van der Waals surface area contributed by atoms with Crippen molar-refractivity contribution >= 4 is 5.69 Å². The van der Waals surface area contributed by atoms with Gasteiger partial charge in [0, 0.05) is 23.4 Å². The Morgan fingerprint density at radius 3 is 2.48 bits per heavy atom. The third kappa shape index (κ3) is 3.57. The van der Waals surface area contributed by atoms with Gasteiger partial charge in [0.2, 0.25) is 0 Å².